The molecule has 0 atom stereocenters. The van der Waals surface area contributed by atoms with Crippen molar-refractivity contribution >= 4 is 43.5 Å². The third kappa shape index (κ3) is 6.04. The van der Waals surface area contributed by atoms with Crippen molar-refractivity contribution in [1.29, 1.82) is 0 Å². The standard InChI is InChI=1S/C31H29FN8O3S/c1-31(2,3)30(41)36-22-12-19(14-33-16-22)20-13-23-26(39-40-28(23)35-15-20)29-37-24-5-7-34-25(27(24)38-29)18-9-17(10-21(32)11-18)6-8-44(4,42)43/h5,7,9-16H,6,8H2,1-4H3,(H,36,41)(H,37,38)(H,35,39,40). The first-order chi connectivity index (χ1) is 20.8. The summed E-state index contributed by atoms with van der Waals surface area (Å²) in [7, 11) is -3.21. The van der Waals surface area contributed by atoms with Crippen LogP contribution < -0.4 is 5.32 Å². The minimum atomic E-state index is -3.21. The van der Waals surface area contributed by atoms with Crippen LogP contribution in [0.15, 0.2) is 61.2 Å². The molecule has 6 rings (SSSR count). The Bertz CT molecular complexity index is 2170. The summed E-state index contributed by atoms with van der Waals surface area (Å²) < 4.78 is 37.9. The van der Waals surface area contributed by atoms with Gasteiger partial charge in [0, 0.05) is 47.0 Å². The number of aromatic amines is 2. The van der Waals surface area contributed by atoms with Crippen molar-refractivity contribution in [1.82, 2.24) is 35.1 Å². The molecule has 0 radical (unpaired) electrons. The van der Waals surface area contributed by atoms with Crippen LogP contribution in [0.3, 0.4) is 0 Å². The molecule has 6 aromatic rings. The Morgan fingerprint density at radius 2 is 1.80 bits per heavy atom. The van der Waals surface area contributed by atoms with Crippen LogP contribution in [-0.4, -0.2) is 61.5 Å². The summed E-state index contributed by atoms with van der Waals surface area (Å²) in [6.45, 7) is 5.52. The van der Waals surface area contributed by atoms with Crippen molar-refractivity contribution in [3.05, 3.63) is 72.6 Å². The number of nitrogens with one attached hydrogen (secondary N) is 3. The van der Waals surface area contributed by atoms with E-state index in [1.54, 1.807) is 36.9 Å². The highest BCUT2D eigenvalue weighted by Gasteiger charge is 2.22. The van der Waals surface area contributed by atoms with Crippen LogP contribution in [0.4, 0.5) is 10.1 Å². The van der Waals surface area contributed by atoms with Gasteiger partial charge in [-0.3, -0.25) is 19.9 Å². The maximum absolute atomic E-state index is 14.6. The molecule has 13 heteroatoms. The molecule has 0 aliphatic heterocycles. The van der Waals surface area contributed by atoms with Crippen molar-refractivity contribution in [2.45, 2.75) is 27.2 Å². The Labute approximate surface area is 252 Å². The zero-order chi connectivity index (χ0) is 31.2. The maximum Gasteiger partial charge on any atom is 0.229 e. The van der Waals surface area contributed by atoms with Gasteiger partial charge in [0.05, 0.1) is 34.2 Å². The third-order valence-corrected chi connectivity index (χ3v) is 8.00. The molecule has 0 unspecified atom stereocenters. The number of carbonyl (C=O) groups excluding carboxylic acids is 1. The van der Waals surface area contributed by atoms with E-state index in [1.165, 1.54) is 12.1 Å². The SMILES string of the molecule is CC(C)(C)C(=O)Nc1cncc(-c2cnc3n[nH]c(-c4nc5c(-c6cc(F)cc(CCS(C)(=O)=O)c6)nccc5[nH]4)c3c2)c1. The fourth-order valence-corrected chi connectivity index (χ4v) is 5.33. The summed E-state index contributed by atoms with van der Waals surface area (Å²) in [4.78, 5) is 33.9. The Morgan fingerprint density at radius 3 is 2.57 bits per heavy atom. The zero-order valence-corrected chi connectivity index (χ0v) is 25.3. The predicted molar refractivity (Wildman–Crippen MR) is 167 cm³/mol. The zero-order valence-electron chi connectivity index (χ0n) is 24.4. The van der Waals surface area contributed by atoms with Crippen molar-refractivity contribution < 1.29 is 17.6 Å². The largest absolute Gasteiger partial charge is 0.337 e. The fourth-order valence-electron chi connectivity index (χ4n) is 4.72. The molecular formula is C31H29FN8O3S. The van der Waals surface area contributed by atoms with Crippen LogP contribution in [0.2, 0.25) is 0 Å². The Hall–Kier alpha value is -5.04. The molecule has 0 aliphatic rings. The predicted octanol–water partition coefficient (Wildman–Crippen LogP) is 5.34. The molecule has 0 fully saturated rings. The van der Waals surface area contributed by atoms with Gasteiger partial charge in [-0.15, -0.1) is 0 Å². The Morgan fingerprint density at radius 1 is 1.00 bits per heavy atom. The molecule has 3 N–H and O–H groups in total. The van der Waals surface area contributed by atoms with E-state index in [0.717, 1.165) is 17.4 Å². The molecule has 11 nitrogen and oxygen atoms in total. The summed E-state index contributed by atoms with van der Waals surface area (Å²) in [6, 6.07) is 9.94. The molecule has 0 aliphatic carbocycles. The number of benzene rings is 1. The second-order valence-electron chi connectivity index (χ2n) is 11.7. The molecule has 224 valence electrons. The number of halogens is 1. The lowest BCUT2D eigenvalue weighted by Crippen LogP contribution is -2.27. The van der Waals surface area contributed by atoms with E-state index in [9.17, 15) is 17.6 Å². The van der Waals surface area contributed by atoms with Gasteiger partial charge in [0.2, 0.25) is 5.91 Å². The molecule has 5 aromatic heterocycles. The fraction of sp³-hybridized carbons (Fsp3) is 0.226. The van der Waals surface area contributed by atoms with Gasteiger partial charge < -0.3 is 10.3 Å². The van der Waals surface area contributed by atoms with Gasteiger partial charge in [0.25, 0.3) is 0 Å². The van der Waals surface area contributed by atoms with Gasteiger partial charge in [-0.25, -0.2) is 22.8 Å². The van der Waals surface area contributed by atoms with Gasteiger partial charge >= 0.3 is 0 Å². The van der Waals surface area contributed by atoms with Gasteiger partial charge in [0.15, 0.2) is 11.5 Å². The maximum atomic E-state index is 14.6. The molecular weight excluding hydrogens is 583 g/mol. The Kier molecular flexibility index (Phi) is 7.20. The molecule has 1 aromatic carbocycles. The highest BCUT2D eigenvalue weighted by molar-refractivity contribution is 7.90. The number of hydrogen-bond acceptors (Lipinski definition) is 8. The highest BCUT2D eigenvalue weighted by atomic mass is 32.2. The van der Waals surface area contributed by atoms with Crippen LogP contribution in [0.1, 0.15) is 26.3 Å². The van der Waals surface area contributed by atoms with E-state index < -0.39 is 21.1 Å². The summed E-state index contributed by atoms with van der Waals surface area (Å²) in [5.74, 6) is -0.220. The smallest absolute Gasteiger partial charge is 0.229 e. The van der Waals surface area contributed by atoms with Crippen molar-refractivity contribution in [3.8, 4) is 33.9 Å². The molecule has 0 saturated carbocycles. The van der Waals surface area contributed by atoms with E-state index in [2.05, 4.69) is 35.5 Å². The van der Waals surface area contributed by atoms with Gasteiger partial charge in [0.1, 0.15) is 26.9 Å². The van der Waals surface area contributed by atoms with Gasteiger partial charge in [-0.2, -0.15) is 5.10 Å². The summed E-state index contributed by atoms with van der Waals surface area (Å²) in [5, 5.41) is 11.0. The number of nitrogens with zero attached hydrogens (tertiary/aromatic N) is 5. The number of aromatic nitrogens is 7. The third-order valence-electron chi connectivity index (χ3n) is 7.05. The molecule has 0 spiro atoms. The van der Waals surface area contributed by atoms with E-state index in [1.807, 2.05) is 32.9 Å². The van der Waals surface area contributed by atoms with Crippen molar-refractivity contribution in [2.75, 3.05) is 17.3 Å². The molecule has 0 bridgehead atoms. The number of amides is 1. The van der Waals surface area contributed by atoms with Gasteiger partial charge in [-0.05, 0) is 48.4 Å². The van der Waals surface area contributed by atoms with E-state index in [-0.39, 0.29) is 18.1 Å². The normalized spacial score (nSPS) is 12.2. The van der Waals surface area contributed by atoms with Crippen LogP contribution in [0, 0.1) is 11.2 Å². The van der Waals surface area contributed by atoms with Crippen molar-refractivity contribution in [3.63, 3.8) is 0 Å². The van der Waals surface area contributed by atoms with Gasteiger partial charge in [-0.1, -0.05) is 20.8 Å². The van der Waals surface area contributed by atoms with Crippen LogP contribution in [-0.2, 0) is 21.1 Å². The van der Waals surface area contributed by atoms with E-state index in [4.69, 9.17) is 4.98 Å². The average molecular weight is 613 g/mol. The first-order valence-electron chi connectivity index (χ1n) is 13.8. The van der Waals surface area contributed by atoms with Crippen LogP contribution >= 0.6 is 0 Å². The minimum absolute atomic E-state index is 0.0884. The summed E-state index contributed by atoms with van der Waals surface area (Å²) >= 11 is 0. The lowest BCUT2D eigenvalue weighted by Gasteiger charge is -2.17. The lowest BCUT2D eigenvalue weighted by molar-refractivity contribution is -0.123. The number of rotatable bonds is 7. The average Bonchev–Trinajstić information content (AvgIpc) is 3.59. The summed E-state index contributed by atoms with van der Waals surface area (Å²) in [5.41, 5.74) is 5.29. The monoisotopic (exact) mass is 612 g/mol. The van der Waals surface area contributed by atoms with E-state index >= 15 is 0 Å². The van der Waals surface area contributed by atoms with E-state index in [0.29, 0.717) is 56.1 Å². The number of aryl methyl sites for hydroxylation is 1. The number of anilines is 1. The number of carbonyl (C=O) groups is 1. The van der Waals surface area contributed by atoms with Crippen molar-refractivity contribution in [2.24, 2.45) is 5.41 Å². The lowest BCUT2D eigenvalue weighted by atomic mass is 9.95. The molecule has 44 heavy (non-hydrogen) atoms. The number of pyridine rings is 3. The number of imidazole rings is 1. The molecule has 1 amide bonds. The minimum Gasteiger partial charge on any atom is -0.337 e. The number of fused-ring (bicyclic) bond motifs is 2. The van der Waals surface area contributed by atoms with Crippen LogP contribution in [0.25, 0.3) is 56.0 Å². The molecule has 5 heterocycles. The number of H-pyrrole nitrogens is 2. The van der Waals surface area contributed by atoms with Crippen LogP contribution in [0.5, 0.6) is 0 Å². The first kappa shape index (κ1) is 29.1. The number of hydrogen-bond donors (Lipinski definition) is 3. The summed E-state index contributed by atoms with van der Waals surface area (Å²) in [6.07, 6.45) is 7.91. The molecule has 0 saturated heterocycles. The Balaban J connectivity index is 1.37. The second kappa shape index (κ2) is 10.9. The quantitative estimate of drug-likeness (QED) is 0.218. The second-order valence-corrected chi connectivity index (χ2v) is 14.0. The highest BCUT2D eigenvalue weighted by Crippen LogP contribution is 2.32. The number of sulfone groups is 1. The first-order valence-corrected chi connectivity index (χ1v) is 15.8. The topological polar surface area (TPSA) is 159 Å².